The molecule has 2 aromatic heterocycles. The van der Waals surface area contributed by atoms with E-state index in [9.17, 15) is 20.1 Å². The van der Waals surface area contributed by atoms with Gasteiger partial charge in [-0.2, -0.15) is 0 Å². The maximum absolute atomic E-state index is 12.8. The molecule has 0 fully saturated rings. The first-order valence-corrected chi connectivity index (χ1v) is 8.83. The molecule has 4 aromatic rings. The lowest BCUT2D eigenvalue weighted by atomic mass is 9.95. The Labute approximate surface area is 159 Å². The summed E-state index contributed by atoms with van der Waals surface area (Å²) in [6, 6.07) is 5.82. The number of hydrogen-bond donors (Lipinski definition) is 3. The summed E-state index contributed by atoms with van der Waals surface area (Å²) in [5.41, 5.74) is -0.193. The van der Waals surface area contributed by atoms with E-state index in [-0.39, 0.29) is 28.2 Å². The normalized spacial score (nSPS) is 12.3. The highest BCUT2D eigenvalue weighted by Crippen LogP contribution is 2.43. The van der Waals surface area contributed by atoms with Crippen molar-refractivity contribution in [2.24, 2.45) is 0 Å². The van der Waals surface area contributed by atoms with Gasteiger partial charge in [0.05, 0.1) is 18.1 Å². The summed E-state index contributed by atoms with van der Waals surface area (Å²) in [5, 5.41) is 31.4. The molecule has 0 aliphatic carbocycles. The second-order valence-electron chi connectivity index (χ2n) is 7.47. The van der Waals surface area contributed by atoms with Crippen molar-refractivity contribution >= 4 is 32.9 Å². The van der Waals surface area contributed by atoms with Gasteiger partial charge in [-0.05, 0) is 38.8 Å². The van der Waals surface area contributed by atoms with Crippen LogP contribution in [0.25, 0.3) is 32.9 Å². The molecule has 0 aliphatic rings. The molecule has 0 unspecified atom stereocenters. The van der Waals surface area contributed by atoms with Gasteiger partial charge in [0, 0.05) is 23.1 Å². The topological polar surface area (TPSA) is 113 Å². The maximum atomic E-state index is 12.8. The first-order valence-electron chi connectivity index (χ1n) is 8.83. The van der Waals surface area contributed by atoms with Crippen LogP contribution in [0.15, 0.2) is 37.9 Å². The number of aryl methyl sites for hydroxylation is 1. The number of fused-ring (bicyclic) bond motifs is 5. The van der Waals surface area contributed by atoms with Crippen LogP contribution in [0, 0.1) is 0 Å². The number of phenolic OH excluding ortho intramolecular Hbond substituents is 2. The van der Waals surface area contributed by atoms with Crippen LogP contribution in [0.1, 0.15) is 25.8 Å². The number of hydrogen-bond acceptors (Lipinski definition) is 7. The number of ether oxygens (including phenoxy) is 1. The highest BCUT2D eigenvalue weighted by molar-refractivity contribution is 6.14. The molecule has 2 heterocycles. The van der Waals surface area contributed by atoms with E-state index < -0.39 is 11.2 Å². The Morgan fingerprint density at radius 3 is 2.50 bits per heavy atom. The van der Waals surface area contributed by atoms with Crippen molar-refractivity contribution < 1.29 is 28.9 Å². The molecule has 0 amide bonds. The lowest BCUT2D eigenvalue weighted by Gasteiger charge is -2.18. The maximum Gasteiger partial charge on any atom is 0.348 e. The number of phenols is 2. The average Bonchev–Trinajstić information content (AvgIpc) is 2.97. The summed E-state index contributed by atoms with van der Waals surface area (Å²) in [4.78, 5) is 12.8. The number of furan rings is 1. The highest BCUT2D eigenvalue weighted by Gasteiger charge is 2.25. The first-order chi connectivity index (χ1) is 13.2. The minimum Gasteiger partial charge on any atom is -0.508 e. The molecule has 28 heavy (non-hydrogen) atoms. The molecule has 4 rings (SSSR count). The van der Waals surface area contributed by atoms with Gasteiger partial charge in [0.1, 0.15) is 22.3 Å². The molecule has 3 N–H and O–H groups in total. The van der Waals surface area contributed by atoms with Gasteiger partial charge in [-0.3, -0.25) is 0 Å². The summed E-state index contributed by atoms with van der Waals surface area (Å²) in [7, 11) is 1.43. The Kier molecular flexibility index (Phi) is 4.01. The Balaban J connectivity index is 2.13. The molecule has 7 nitrogen and oxygen atoms in total. The Morgan fingerprint density at radius 1 is 1.07 bits per heavy atom. The minimum atomic E-state index is -0.947. The van der Waals surface area contributed by atoms with Gasteiger partial charge in [-0.25, -0.2) is 4.79 Å². The fraction of sp³-hybridized carbons (Fsp3) is 0.286. The van der Waals surface area contributed by atoms with Crippen LogP contribution in [-0.2, 0) is 6.42 Å². The van der Waals surface area contributed by atoms with Gasteiger partial charge in [0.25, 0.3) is 0 Å². The van der Waals surface area contributed by atoms with E-state index in [4.69, 9.17) is 13.6 Å². The van der Waals surface area contributed by atoms with Crippen molar-refractivity contribution in [1.29, 1.82) is 0 Å². The average molecular weight is 384 g/mol. The molecule has 0 atom stereocenters. The molecule has 2 aromatic carbocycles. The second kappa shape index (κ2) is 6.17. The number of aromatic hydroxyl groups is 2. The largest absolute Gasteiger partial charge is 0.508 e. The highest BCUT2D eigenvalue weighted by atomic mass is 16.5. The van der Waals surface area contributed by atoms with E-state index >= 15 is 0 Å². The zero-order valence-corrected chi connectivity index (χ0v) is 15.7. The summed E-state index contributed by atoms with van der Waals surface area (Å²) in [6.07, 6.45) is 0.723. The van der Waals surface area contributed by atoms with E-state index in [0.717, 1.165) is 0 Å². The van der Waals surface area contributed by atoms with Crippen LogP contribution in [0.4, 0.5) is 0 Å². The van der Waals surface area contributed by atoms with E-state index in [1.807, 2.05) is 0 Å². The summed E-state index contributed by atoms with van der Waals surface area (Å²) >= 11 is 0. The van der Waals surface area contributed by atoms with Crippen LogP contribution in [0.3, 0.4) is 0 Å². The molecule has 0 bridgehead atoms. The predicted octanol–water partition coefficient (Wildman–Crippen LogP) is 3.82. The van der Waals surface area contributed by atoms with E-state index in [2.05, 4.69) is 0 Å². The number of aliphatic hydroxyl groups is 1. The second-order valence-corrected chi connectivity index (χ2v) is 7.47. The lowest BCUT2D eigenvalue weighted by Crippen LogP contribution is -2.19. The number of benzene rings is 2. The molecular weight excluding hydrogens is 364 g/mol. The third-order valence-electron chi connectivity index (χ3n) is 4.82. The van der Waals surface area contributed by atoms with Crippen LogP contribution in [0.2, 0.25) is 0 Å². The zero-order chi connectivity index (χ0) is 20.2. The Hall–Kier alpha value is -3.19. The summed E-state index contributed by atoms with van der Waals surface area (Å²) in [5.74, 6) is 0.0760. The zero-order valence-electron chi connectivity index (χ0n) is 15.7. The van der Waals surface area contributed by atoms with Crippen LogP contribution < -0.4 is 10.4 Å². The number of methoxy groups -OCH3 is 1. The minimum absolute atomic E-state index is 0.0312. The lowest BCUT2D eigenvalue weighted by molar-refractivity contribution is 0.0713. The van der Waals surface area contributed by atoms with Crippen molar-refractivity contribution in [3.8, 4) is 17.2 Å². The third kappa shape index (κ3) is 2.84. The fourth-order valence-electron chi connectivity index (χ4n) is 3.52. The van der Waals surface area contributed by atoms with Crippen LogP contribution in [0.5, 0.6) is 17.2 Å². The Bertz CT molecular complexity index is 1270. The van der Waals surface area contributed by atoms with Crippen molar-refractivity contribution in [2.75, 3.05) is 7.11 Å². The van der Waals surface area contributed by atoms with Gasteiger partial charge in [-0.1, -0.05) is 0 Å². The van der Waals surface area contributed by atoms with Gasteiger partial charge in [0.2, 0.25) is 0 Å². The molecule has 0 aliphatic heterocycles. The van der Waals surface area contributed by atoms with E-state index in [1.54, 1.807) is 19.9 Å². The first kappa shape index (κ1) is 18.2. The van der Waals surface area contributed by atoms with Gasteiger partial charge in [-0.15, -0.1) is 0 Å². The smallest absolute Gasteiger partial charge is 0.348 e. The van der Waals surface area contributed by atoms with Crippen molar-refractivity contribution in [1.82, 2.24) is 0 Å². The SMILES string of the molecule is COc1c(O)cc2oc3c4ccc(O)cc4oc(=O)c3c2c1CCC(C)(C)O. The fourth-order valence-corrected chi connectivity index (χ4v) is 3.52. The molecule has 146 valence electrons. The molecule has 7 heteroatoms. The Morgan fingerprint density at radius 2 is 1.82 bits per heavy atom. The van der Waals surface area contributed by atoms with Gasteiger partial charge < -0.3 is 28.9 Å². The third-order valence-corrected chi connectivity index (χ3v) is 4.82. The molecule has 0 radical (unpaired) electrons. The van der Waals surface area contributed by atoms with Gasteiger partial charge >= 0.3 is 5.63 Å². The molecule has 0 saturated carbocycles. The molecule has 0 spiro atoms. The van der Waals surface area contributed by atoms with E-state index in [1.165, 1.54) is 25.3 Å². The molecular formula is C21H20O7. The van der Waals surface area contributed by atoms with Gasteiger partial charge in [0.15, 0.2) is 17.1 Å². The predicted molar refractivity (Wildman–Crippen MR) is 104 cm³/mol. The van der Waals surface area contributed by atoms with Crippen molar-refractivity contribution in [3.05, 3.63) is 40.2 Å². The monoisotopic (exact) mass is 384 g/mol. The van der Waals surface area contributed by atoms with Crippen molar-refractivity contribution in [2.45, 2.75) is 32.3 Å². The van der Waals surface area contributed by atoms with Crippen LogP contribution >= 0.6 is 0 Å². The van der Waals surface area contributed by atoms with Crippen LogP contribution in [-0.4, -0.2) is 28.0 Å². The summed E-state index contributed by atoms with van der Waals surface area (Å²) < 4.78 is 16.7. The molecule has 0 saturated heterocycles. The quantitative estimate of drug-likeness (QED) is 0.458. The van der Waals surface area contributed by atoms with Crippen molar-refractivity contribution in [3.63, 3.8) is 0 Å². The standard InChI is InChI=1S/C21H20O7/c1-21(2,25)7-6-12-16-15(9-13(23)18(12)26-3)27-19-11-5-4-10(22)8-14(11)28-20(24)17(16)19/h4-5,8-9,22-23,25H,6-7H2,1-3H3. The summed E-state index contributed by atoms with van der Waals surface area (Å²) in [6.45, 7) is 3.36. The van der Waals surface area contributed by atoms with E-state index in [0.29, 0.717) is 40.3 Å². The number of rotatable bonds is 4.